The van der Waals surface area contributed by atoms with Crippen LogP contribution in [0.3, 0.4) is 0 Å². The molecule has 0 bridgehead atoms. The number of nitrogens with zero attached hydrogens (tertiary/aromatic N) is 3. The predicted octanol–water partition coefficient (Wildman–Crippen LogP) is 4.64. The molecule has 0 aliphatic carbocycles. The number of esters is 2. The molecule has 16 heteroatoms. The van der Waals surface area contributed by atoms with Gasteiger partial charge in [0.15, 0.2) is 0 Å². The number of carbonyl (C=O) groups excluding carboxylic acids is 4. The maximum absolute atomic E-state index is 13.5. The summed E-state index contributed by atoms with van der Waals surface area (Å²) in [5, 5.41) is 12.5. The van der Waals surface area contributed by atoms with Gasteiger partial charge in [0.25, 0.3) is 5.91 Å². The van der Waals surface area contributed by atoms with Crippen LogP contribution in [0.5, 0.6) is 0 Å². The molecule has 15 nitrogen and oxygen atoms in total. The first-order valence-electron chi connectivity index (χ1n) is 17.1. The SMILES string of the molecule is COC(=O)CCC(C(N)=O)N1Cc2c(cccc2-c2cccc(NS(=O)(=O)CC3CCN(c4ccc(C(=O)OC(C)(C)C)cc4)CC3)c2[N+](=O)[O-])C1=O. The first-order valence-corrected chi connectivity index (χ1v) is 18.8. The fourth-order valence-corrected chi connectivity index (χ4v) is 8.27. The van der Waals surface area contributed by atoms with Crippen molar-refractivity contribution in [3.8, 4) is 11.1 Å². The lowest BCUT2D eigenvalue weighted by atomic mass is 9.95. The molecule has 1 saturated heterocycles. The molecule has 282 valence electrons. The number of para-hydroxylation sites is 1. The third-order valence-corrected chi connectivity index (χ3v) is 10.7. The summed E-state index contributed by atoms with van der Waals surface area (Å²) in [6.07, 6.45) is 0.887. The van der Waals surface area contributed by atoms with E-state index >= 15 is 0 Å². The van der Waals surface area contributed by atoms with Crippen LogP contribution in [0.2, 0.25) is 0 Å². The number of carbonyl (C=O) groups is 4. The zero-order chi connectivity index (χ0) is 38.7. The Labute approximate surface area is 307 Å². The van der Waals surface area contributed by atoms with Crippen LogP contribution in [0, 0.1) is 16.0 Å². The second-order valence-corrected chi connectivity index (χ2v) is 15.9. The molecule has 1 unspecified atom stereocenters. The summed E-state index contributed by atoms with van der Waals surface area (Å²) >= 11 is 0. The van der Waals surface area contributed by atoms with Gasteiger partial charge in [-0.05, 0) is 99.5 Å². The van der Waals surface area contributed by atoms with Crippen molar-refractivity contribution in [1.82, 2.24) is 4.90 Å². The van der Waals surface area contributed by atoms with E-state index in [0.717, 1.165) is 5.69 Å². The highest BCUT2D eigenvalue weighted by Crippen LogP contribution is 2.42. The van der Waals surface area contributed by atoms with Gasteiger partial charge in [0.2, 0.25) is 15.9 Å². The van der Waals surface area contributed by atoms with Crippen LogP contribution in [0.25, 0.3) is 11.1 Å². The van der Waals surface area contributed by atoms with E-state index in [4.69, 9.17) is 10.5 Å². The average Bonchev–Trinajstić information content (AvgIpc) is 3.42. The number of fused-ring (bicyclic) bond motifs is 1. The minimum Gasteiger partial charge on any atom is -0.469 e. The number of methoxy groups -OCH3 is 1. The smallest absolute Gasteiger partial charge is 0.338 e. The summed E-state index contributed by atoms with van der Waals surface area (Å²) in [6, 6.07) is 14.9. The van der Waals surface area contributed by atoms with Gasteiger partial charge < -0.3 is 25.0 Å². The molecule has 1 atom stereocenters. The molecule has 0 radical (unpaired) electrons. The largest absolute Gasteiger partial charge is 0.469 e. The van der Waals surface area contributed by atoms with Crippen molar-refractivity contribution in [2.24, 2.45) is 11.7 Å². The number of nitro groups is 1. The predicted molar refractivity (Wildman–Crippen MR) is 197 cm³/mol. The Hall–Kier alpha value is -5.51. The molecule has 0 spiro atoms. The van der Waals surface area contributed by atoms with Gasteiger partial charge in [-0.1, -0.05) is 18.2 Å². The van der Waals surface area contributed by atoms with Crippen molar-refractivity contribution < 1.29 is 42.0 Å². The molecule has 53 heavy (non-hydrogen) atoms. The minimum absolute atomic E-state index is 0.0730. The van der Waals surface area contributed by atoms with Gasteiger partial charge in [-0.2, -0.15) is 0 Å². The quantitative estimate of drug-likeness (QED) is 0.140. The van der Waals surface area contributed by atoms with Gasteiger partial charge in [0.05, 0.1) is 28.9 Å². The van der Waals surface area contributed by atoms with E-state index < -0.39 is 56.0 Å². The van der Waals surface area contributed by atoms with Gasteiger partial charge in [-0.15, -0.1) is 0 Å². The fourth-order valence-electron chi connectivity index (χ4n) is 6.73. The first kappa shape index (κ1) is 38.7. The Morgan fingerprint density at radius 2 is 1.62 bits per heavy atom. The maximum atomic E-state index is 13.5. The van der Waals surface area contributed by atoms with E-state index in [0.29, 0.717) is 42.6 Å². The molecule has 3 aromatic rings. The van der Waals surface area contributed by atoms with Crippen molar-refractivity contribution in [3.05, 3.63) is 87.5 Å². The Morgan fingerprint density at radius 1 is 1.00 bits per heavy atom. The number of nitro benzene ring substituents is 1. The van der Waals surface area contributed by atoms with E-state index in [2.05, 4.69) is 14.4 Å². The number of hydrogen-bond acceptors (Lipinski definition) is 11. The van der Waals surface area contributed by atoms with Gasteiger partial charge in [0.1, 0.15) is 17.3 Å². The molecule has 2 aliphatic heterocycles. The van der Waals surface area contributed by atoms with Gasteiger partial charge in [0, 0.05) is 37.3 Å². The lowest BCUT2D eigenvalue weighted by Crippen LogP contribution is -2.45. The average molecular weight is 750 g/mol. The van der Waals surface area contributed by atoms with E-state index in [1.54, 1.807) is 45.0 Å². The number of primary amides is 1. The normalized spacial score (nSPS) is 15.4. The van der Waals surface area contributed by atoms with E-state index in [-0.39, 0.29) is 47.9 Å². The molecular weight excluding hydrogens is 706 g/mol. The van der Waals surface area contributed by atoms with Gasteiger partial charge >= 0.3 is 17.6 Å². The van der Waals surface area contributed by atoms with Crippen LogP contribution < -0.4 is 15.4 Å². The lowest BCUT2D eigenvalue weighted by Gasteiger charge is -2.33. The number of anilines is 2. The maximum Gasteiger partial charge on any atom is 0.338 e. The topological polar surface area (TPSA) is 209 Å². The van der Waals surface area contributed by atoms with E-state index in [1.807, 2.05) is 12.1 Å². The third kappa shape index (κ3) is 9.11. The van der Waals surface area contributed by atoms with Crippen molar-refractivity contribution >= 4 is 50.8 Å². The number of benzene rings is 3. The second kappa shape index (κ2) is 15.6. The Kier molecular flexibility index (Phi) is 11.4. The number of piperidine rings is 1. The molecule has 2 heterocycles. The fraction of sp³-hybridized carbons (Fsp3) is 0.405. The van der Waals surface area contributed by atoms with Crippen molar-refractivity contribution in [2.75, 3.05) is 35.6 Å². The standard InChI is InChI=1S/C37H43N5O10S/c1-37(2,3)52-36(46)24-11-13-25(14-12-24)40-19-17-23(18-20-40)22-53(49,50)39-30-10-6-8-27(33(30)42(47)48)26-7-5-9-28-29(26)21-41(35(28)45)31(34(38)44)15-16-32(43)51-4/h5-14,23,31,39H,15-22H2,1-4H3,(H2,38,44). The number of rotatable bonds is 13. The van der Waals surface area contributed by atoms with Crippen molar-refractivity contribution in [2.45, 2.75) is 64.6 Å². The van der Waals surface area contributed by atoms with Crippen LogP contribution in [-0.2, 0) is 35.6 Å². The van der Waals surface area contributed by atoms with Crippen LogP contribution in [0.1, 0.15) is 72.7 Å². The summed E-state index contributed by atoms with van der Waals surface area (Å²) < 4.78 is 39.5. The van der Waals surface area contributed by atoms with Crippen LogP contribution in [-0.4, -0.2) is 79.6 Å². The zero-order valence-corrected chi connectivity index (χ0v) is 30.8. The van der Waals surface area contributed by atoms with Crippen LogP contribution in [0.4, 0.5) is 17.1 Å². The zero-order valence-electron chi connectivity index (χ0n) is 30.0. The molecule has 0 aromatic heterocycles. The third-order valence-electron chi connectivity index (χ3n) is 9.26. The van der Waals surface area contributed by atoms with E-state index in [9.17, 15) is 37.7 Å². The highest BCUT2D eigenvalue weighted by molar-refractivity contribution is 7.92. The highest BCUT2D eigenvalue weighted by atomic mass is 32.2. The second-order valence-electron chi connectivity index (χ2n) is 14.1. The highest BCUT2D eigenvalue weighted by Gasteiger charge is 2.38. The van der Waals surface area contributed by atoms with Gasteiger partial charge in [-0.25, -0.2) is 13.2 Å². The molecular formula is C37H43N5O10S. The lowest BCUT2D eigenvalue weighted by molar-refractivity contribution is -0.383. The summed E-state index contributed by atoms with van der Waals surface area (Å²) in [5.41, 5.74) is 6.62. The van der Waals surface area contributed by atoms with E-state index in [1.165, 1.54) is 36.3 Å². The number of nitrogens with one attached hydrogen (secondary N) is 1. The van der Waals surface area contributed by atoms with Crippen molar-refractivity contribution in [1.29, 1.82) is 0 Å². The monoisotopic (exact) mass is 749 g/mol. The number of ether oxygens (including phenoxy) is 2. The summed E-state index contributed by atoms with van der Waals surface area (Å²) in [5.74, 6) is -2.80. The number of sulfonamides is 1. The van der Waals surface area contributed by atoms with Gasteiger partial charge in [-0.3, -0.25) is 29.2 Å². The molecule has 2 aliphatic rings. The summed E-state index contributed by atoms with van der Waals surface area (Å²) in [6.45, 7) is 6.44. The minimum atomic E-state index is -4.04. The molecule has 5 rings (SSSR count). The molecule has 0 saturated carbocycles. The summed E-state index contributed by atoms with van der Waals surface area (Å²) in [4.78, 5) is 65.1. The number of amides is 2. The Balaban J connectivity index is 1.29. The molecule has 3 N–H and O–H groups in total. The van der Waals surface area contributed by atoms with Crippen LogP contribution in [0.15, 0.2) is 60.7 Å². The summed E-state index contributed by atoms with van der Waals surface area (Å²) in [7, 11) is -2.84. The van der Waals surface area contributed by atoms with Crippen LogP contribution >= 0.6 is 0 Å². The number of nitrogens with two attached hydrogens (primary N) is 1. The number of hydrogen-bond donors (Lipinski definition) is 2. The first-order chi connectivity index (χ1) is 25.0. The molecule has 2 amide bonds. The Bertz CT molecular complexity index is 2020. The molecule has 3 aromatic carbocycles. The Morgan fingerprint density at radius 3 is 2.23 bits per heavy atom. The molecule has 1 fully saturated rings. The van der Waals surface area contributed by atoms with Crippen molar-refractivity contribution in [3.63, 3.8) is 0 Å².